The zero-order chi connectivity index (χ0) is 15.5. The summed E-state index contributed by atoms with van der Waals surface area (Å²) in [6.07, 6.45) is 7.46. The van der Waals surface area contributed by atoms with Crippen LogP contribution in [-0.4, -0.2) is 41.4 Å². The number of methoxy groups -OCH3 is 1. The van der Waals surface area contributed by atoms with E-state index in [2.05, 4.69) is 13.0 Å². The van der Waals surface area contributed by atoms with Gasteiger partial charge in [-0.15, -0.1) is 0 Å². The summed E-state index contributed by atoms with van der Waals surface area (Å²) in [6.45, 7) is 6.00. The van der Waals surface area contributed by atoms with Crippen molar-refractivity contribution in [2.24, 2.45) is 17.3 Å². The van der Waals surface area contributed by atoms with Crippen molar-refractivity contribution in [1.29, 1.82) is 0 Å². The highest BCUT2D eigenvalue weighted by Gasteiger charge is 2.71. The Morgan fingerprint density at radius 1 is 1.43 bits per heavy atom. The highest BCUT2D eigenvalue weighted by atomic mass is 16.7. The highest BCUT2D eigenvalue weighted by molar-refractivity contribution is 5.40. The summed E-state index contributed by atoms with van der Waals surface area (Å²) >= 11 is 0. The standard InChI is InChI=1S/C17H26O4/c1-11-9-12-5-6-15(2,19)16(3)14(12)13(10-11)21-17(16,20-4)7-8-18/h5-6,9,11,13-14,18-19H,7-8,10H2,1-4H3/t11-,13+,14-,15-,16-,17-/m1/s1. The minimum Gasteiger partial charge on any atom is -0.396 e. The lowest BCUT2D eigenvalue weighted by Crippen LogP contribution is -2.61. The molecule has 3 rings (SSSR count). The second-order valence-corrected chi connectivity index (χ2v) is 7.13. The van der Waals surface area contributed by atoms with Crippen LogP contribution in [0.2, 0.25) is 0 Å². The van der Waals surface area contributed by atoms with E-state index in [0.717, 1.165) is 6.42 Å². The van der Waals surface area contributed by atoms with E-state index in [4.69, 9.17) is 9.47 Å². The summed E-state index contributed by atoms with van der Waals surface area (Å²) in [5.41, 5.74) is -0.442. The summed E-state index contributed by atoms with van der Waals surface area (Å²) in [4.78, 5) is 0. The summed E-state index contributed by atoms with van der Waals surface area (Å²) in [5.74, 6) is -0.422. The van der Waals surface area contributed by atoms with Gasteiger partial charge in [0.05, 0.1) is 17.1 Å². The molecule has 4 nitrogen and oxygen atoms in total. The van der Waals surface area contributed by atoms with E-state index in [9.17, 15) is 10.2 Å². The Morgan fingerprint density at radius 3 is 2.76 bits per heavy atom. The molecule has 6 atom stereocenters. The van der Waals surface area contributed by atoms with Crippen molar-refractivity contribution in [2.45, 2.75) is 51.1 Å². The largest absolute Gasteiger partial charge is 0.396 e. The monoisotopic (exact) mass is 294 g/mol. The highest BCUT2D eigenvalue weighted by Crippen LogP contribution is 2.64. The molecule has 3 aliphatic rings. The van der Waals surface area contributed by atoms with Gasteiger partial charge in [0.1, 0.15) is 0 Å². The van der Waals surface area contributed by atoms with Crippen LogP contribution in [-0.2, 0) is 9.47 Å². The third-order valence-corrected chi connectivity index (χ3v) is 5.99. The fourth-order valence-corrected chi connectivity index (χ4v) is 4.76. The molecule has 0 saturated carbocycles. The SMILES string of the molecule is CO[C@]1(CCO)O[C@H]2C[C@H](C)C=C3C=C[C@@](C)(O)[C@@]1(C)[C@H]32. The van der Waals surface area contributed by atoms with Crippen molar-refractivity contribution in [3.63, 3.8) is 0 Å². The Bertz CT molecular complexity index is 495. The van der Waals surface area contributed by atoms with Crippen molar-refractivity contribution < 1.29 is 19.7 Å². The van der Waals surface area contributed by atoms with E-state index < -0.39 is 16.8 Å². The fraction of sp³-hybridized carbons (Fsp3) is 0.765. The number of allylic oxidation sites excluding steroid dienone is 2. The number of aliphatic hydroxyl groups is 2. The number of hydrogen-bond acceptors (Lipinski definition) is 4. The van der Waals surface area contributed by atoms with E-state index in [1.165, 1.54) is 5.57 Å². The lowest BCUT2D eigenvalue weighted by molar-refractivity contribution is -0.288. The van der Waals surface area contributed by atoms with E-state index in [1.54, 1.807) is 7.11 Å². The van der Waals surface area contributed by atoms with Crippen LogP contribution in [0.4, 0.5) is 0 Å². The molecule has 1 fully saturated rings. The van der Waals surface area contributed by atoms with Crippen LogP contribution >= 0.6 is 0 Å². The van der Waals surface area contributed by atoms with Crippen molar-refractivity contribution >= 4 is 0 Å². The molecule has 118 valence electrons. The van der Waals surface area contributed by atoms with Gasteiger partial charge < -0.3 is 19.7 Å². The molecule has 2 N–H and O–H groups in total. The molecular weight excluding hydrogens is 268 g/mol. The van der Waals surface area contributed by atoms with E-state index in [0.29, 0.717) is 12.3 Å². The fourth-order valence-electron chi connectivity index (χ4n) is 4.76. The average molecular weight is 294 g/mol. The Kier molecular flexibility index (Phi) is 3.38. The van der Waals surface area contributed by atoms with Gasteiger partial charge in [-0.2, -0.15) is 0 Å². The first-order valence-corrected chi connectivity index (χ1v) is 7.78. The van der Waals surface area contributed by atoms with Crippen molar-refractivity contribution in [3.05, 3.63) is 23.8 Å². The molecule has 2 aliphatic carbocycles. The Morgan fingerprint density at radius 2 is 2.14 bits per heavy atom. The zero-order valence-electron chi connectivity index (χ0n) is 13.3. The van der Waals surface area contributed by atoms with Gasteiger partial charge in [0.15, 0.2) is 5.79 Å². The quantitative estimate of drug-likeness (QED) is 0.836. The van der Waals surface area contributed by atoms with Crippen LogP contribution in [0, 0.1) is 17.3 Å². The Hall–Kier alpha value is -0.680. The van der Waals surface area contributed by atoms with E-state index in [-0.39, 0.29) is 18.6 Å². The third kappa shape index (κ3) is 1.76. The normalized spacial score (nSPS) is 51.7. The molecular formula is C17H26O4. The molecule has 4 heteroatoms. The van der Waals surface area contributed by atoms with Crippen LogP contribution in [0.15, 0.2) is 23.8 Å². The van der Waals surface area contributed by atoms with Gasteiger partial charge in [-0.05, 0) is 24.8 Å². The van der Waals surface area contributed by atoms with Gasteiger partial charge >= 0.3 is 0 Å². The Labute approximate surface area is 126 Å². The van der Waals surface area contributed by atoms with Crippen LogP contribution in [0.5, 0.6) is 0 Å². The van der Waals surface area contributed by atoms with E-state index in [1.807, 2.05) is 26.0 Å². The molecule has 0 aromatic carbocycles. The Balaban J connectivity index is 2.19. The van der Waals surface area contributed by atoms with Crippen molar-refractivity contribution in [1.82, 2.24) is 0 Å². The van der Waals surface area contributed by atoms with Gasteiger partial charge in [-0.3, -0.25) is 0 Å². The number of ether oxygens (including phenoxy) is 2. The summed E-state index contributed by atoms with van der Waals surface area (Å²) in [5, 5.41) is 20.6. The molecule has 0 amide bonds. The smallest absolute Gasteiger partial charge is 0.179 e. The molecule has 0 aromatic rings. The molecule has 0 bridgehead atoms. The molecule has 0 unspecified atom stereocenters. The van der Waals surface area contributed by atoms with E-state index >= 15 is 0 Å². The summed E-state index contributed by atoms with van der Waals surface area (Å²) < 4.78 is 12.1. The number of hydrogen-bond donors (Lipinski definition) is 2. The lowest BCUT2D eigenvalue weighted by Gasteiger charge is -2.53. The molecule has 21 heavy (non-hydrogen) atoms. The van der Waals surface area contributed by atoms with Crippen molar-refractivity contribution in [2.75, 3.05) is 13.7 Å². The van der Waals surface area contributed by atoms with Crippen LogP contribution in [0.3, 0.4) is 0 Å². The van der Waals surface area contributed by atoms with Gasteiger partial charge in [0.25, 0.3) is 0 Å². The molecule has 1 heterocycles. The first kappa shape index (κ1) is 15.2. The van der Waals surface area contributed by atoms with Crippen LogP contribution in [0.1, 0.15) is 33.6 Å². The van der Waals surface area contributed by atoms with Crippen LogP contribution < -0.4 is 0 Å². The lowest BCUT2D eigenvalue weighted by atomic mass is 9.54. The summed E-state index contributed by atoms with van der Waals surface area (Å²) in [7, 11) is 1.61. The van der Waals surface area contributed by atoms with Crippen LogP contribution in [0.25, 0.3) is 0 Å². The number of aliphatic hydroxyl groups excluding tert-OH is 1. The predicted octanol–water partition coefficient (Wildman–Crippen LogP) is 2.02. The topological polar surface area (TPSA) is 58.9 Å². The second-order valence-electron chi connectivity index (χ2n) is 7.13. The zero-order valence-corrected chi connectivity index (χ0v) is 13.3. The average Bonchev–Trinajstić information content (AvgIpc) is 2.67. The minimum atomic E-state index is -1.05. The maximum atomic E-state index is 11.1. The molecule has 0 radical (unpaired) electrons. The number of rotatable bonds is 3. The maximum absolute atomic E-state index is 11.1. The van der Waals surface area contributed by atoms with Gasteiger partial charge in [0, 0.05) is 26.1 Å². The van der Waals surface area contributed by atoms with Gasteiger partial charge in [-0.1, -0.05) is 32.1 Å². The molecule has 1 saturated heterocycles. The third-order valence-electron chi connectivity index (χ3n) is 5.99. The van der Waals surface area contributed by atoms with Crippen molar-refractivity contribution in [3.8, 4) is 0 Å². The van der Waals surface area contributed by atoms with Gasteiger partial charge in [0.2, 0.25) is 0 Å². The summed E-state index contributed by atoms with van der Waals surface area (Å²) in [6, 6.07) is 0. The first-order valence-electron chi connectivity index (χ1n) is 7.78. The minimum absolute atomic E-state index is 0.0212. The molecule has 0 aromatic heterocycles. The predicted molar refractivity (Wildman–Crippen MR) is 79.5 cm³/mol. The maximum Gasteiger partial charge on any atom is 0.179 e. The first-order chi connectivity index (χ1) is 9.81. The van der Waals surface area contributed by atoms with Gasteiger partial charge in [-0.25, -0.2) is 0 Å². The molecule has 1 aliphatic heterocycles. The molecule has 0 spiro atoms. The second kappa shape index (κ2) is 4.66.